The highest BCUT2D eigenvalue weighted by Gasteiger charge is 2.07. The third kappa shape index (κ3) is 4.58. The standard InChI is InChI=1S/C12H17N3O2S/c1-8(11(13)18)7-14-12(16)15-9-4-3-5-10(6-9)17-2/h3-6,8H,7H2,1-2H3,(H2,13,18)(H2,14,15,16). The first-order chi connectivity index (χ1) is 8.52. The molecule has 0 bridgehead atoms. The molecule has 0 aromatic heterocycles. The fraction of sp³-hybridized carbons (Fsp3) is 0.333. The van der Waals surface area contributed by atoms with Crippen molar-refractivity contribution in [2.24, 2.45) is 11.7 Å². The summed E-state index contributed by atoms with van der Waals surface area (Å²) in [7, 11) is 1.57. The van der Waals surface area contributed by atoms with Gasteiger partial charge in [0.05, 0.1) is 12.1 Å². The van der Waals surface area contributed by atoms with Crippen molar-refractivity contribution in [2.75, 3.05) is 19.0 Å². The SMILES string of the molecule is COc1cccc(NC(=O)NCC(C)C(N)=S)c1. The molecule has 0 heterocycles. The zero-order valence-electron chi connectivity index (χ0n) is 10.4. The fourth-order valence-corrected chi connectivity index (χ4v) is 1.31. The lowest BCUT2D eigenvalue weighted by Crippen LogP contribution is -2.36. The number of carbonyl (C=O) groups is 1. The molecule has 6 heteroatoms. The first kappa shape index (κ1) is 14.2. The Bertz CT molecular complexity index is 437. The maximum absolute atomic E-state index is 11.6. The third-order valence-corrected chi connectivity index (χ3v) is 2.78. The lowest BCUT2D eigenvalue weighted by molar-refractivity contribution is 0.251. The van der Waals surface area contributed by atoms with Gasteiger partial charge < -0.3 is 21.1 Å². The highest BCUT2D eigenvalue weighted by molar-refractivity contribution is 7.80. The number of carbonyl (C=O) groups excluding carboxylic acids is 1. The van der Waals surface area contributed by atoms with Crippen molar-refractivity contribution in [1.29, 1.82) is 0 Å². The van der Waals surface area contributed by atoms with Crippen LogP contribution in [0.5, 0.6) is 5.75 Å². The molecule has 0 radical (unpaired) electrons. The number of benzene rings is 1. The van der Waals surface area contributed by atoms with Crippen molar-refractivity contribution in [3.63, 3.8) is 0 Å². The van der Waals surface area contributed by atoms with E-state index in [-0.39, 0.29) is 11.9 Å². The summed E-state index contributed by atoms with van der Waals surface area (Å²) in [6.07, 6.45) is 0. The van der Waals surface area contributed by atoms with Crippen LogP contribution in [0.15, 0.2) is 24.3 Å². The molecule has 0 saturated heterocycles. The fourth-order valence-electron chi connectivity index (χ4n) is 1.22. The van der Waals surface area contributed by atoms with Gasteiger partial charge in [-0.15, -0.1) is 0 Å². The highest BCUT2D eigenvalue weighted by atomic mass is 32.1. The number of thiocarbonyl (C=S) groups is 1. The molecular formula is C12H17N3O2S. The number of ether oxygens (including phenoxy) is 1. The minimum absolute atomic E-state index is 0.0314. The Morgan fingerprint density at radius 1 is 1.56 bits per heavy atom. The van der Waals surface area contributed by atoms with Crippen LogP contribution in [-0.4, -0.2) is 24.7 Å². The number of hydrogen-bond donors (Lipinski definition) is 3. The van der Waals surface area contributed by atoms with Crippen molar-refractivity contribution in [2.45, 2.75) is 6.92 Å². The van der Waals surface area contributed by atoms with E-state index in [1.807, 2.05) is 6.92 Å². The minimum Gasteiger partial charge on any atom is -0.497 e. The maximum Gasteiger partial charge on any atom is 0.319 e. The molecule has 1 unspecified atom stereocenters. The van der Waals surface area contributed by atoms with E-state index in [0.717, 1.165) is 0 Å². The van der Waals surface area contributed by atoms with E-state index in [1.54, 1.807) is 31.4 Å². The molecule has 0 aliphatic heterocycles. The molecular weight excluding hydrogens is 250 g/mol. The van der Waals surface area contributed by atoms with Crippen LogP contribution in [0.25, 0.3) is 0 Å². The first-order valence-corrected chi connectivity index (χ1v) is 5.92. The number of nitrogens with two attached hydrogens (primary N) is 1. The molecule has 0 saturated carbocycles. The Balaban J connectivity index is 2.46. The van der Waals surface area contributed by atoms with Crippen molar-refractivity contribution in [3.05, 3.63) is 24.3 Å². The smallest absolute Gasteiger partial charge is 0.319 e. The van der Waals surface area contributed by atoms with E-state index in [0.29, 0.717) is 23.0 Å². The number of amides is 2. The van der Waals surface area contributed by atoms with Crippen LogP contribution in [0.4, 0.5) is 10.5 Å². The molecule has 98 valence electrons. The predicted molar refractivity (Wildman–Crippen MR) is 76.0 cm³/mol. The molecule has 1 aromatic rings. The van der Waals surface area contributed by atoms with Crippen molar-refractivity contribution in [1.82, 2.24) is 5.32 Å². The zero-order valence-corrected chi connectivity index (χ0v) is 11.2. The van der Waals surface area contributed by atoms with Crippen molar-refractivity contribution < 1.29 is 9.53 Å². The van der Waals surface area contributed by atoms with Gasteiger partial charge in [-0.2, -0.15) is 0 Å². The average molecular weight is 267 g/mol. The molecule has 0 aliphatic rings. The Hall–Kier alpha value is -1.82. The number of hydrogen-bond acceptors (Lipinski definition) is 3. The van der Waals surface area contributed by atoms with E-state index in [1.165, 1.54) is 0 Å². The van der Waals surface area contributed by atoms with Crippen LogP contribution in [0, 0.1) is 5.92 Å². The number of urea groups is 1. The van der Waals surface area contributed by atoms with Gasteiger partial charge in [0.25, 0.3) is 0 Å². The second-order valence-electron chi connectivity index (χ2n) is 3.87. The van der Waals surface area contributed by atoms with Gasteiger partial charge in [-0.05, 0) is 12.1 Å². The lowest BCUT2D eigenvalue weighted by atomic mass is 10.2. The summed E-state index contributed by atoms with van der Waals surface area (Å²) in [6, 6.07) is 6.81. The van der Waals surface area contributed by atoms with E-state index in [4.69, 9.17) is 22.7 Å². The number of nitrogens with one attached hydrogen (secondary N) is 2. The summed E-state index contributed by atoms with van der Waals surface area (Å²) >= 11 is 4.82. The Labute approximate surface area is 112 Å². The predicted octanol–water partition coefficient (Wildman–Crippen LogP) is 1.74. The summed E-state index contributed by atoms with van der Waals surface area (Å²) in [6.45, 7) is 2.26. The number of rotatable bonds is 5. The molecule has 0 aliphatic carbocycles. The van der Waals surface area contributed by atoms with Gasteiger partial charge in [0.15, 0.2) is 0 Å². The minimum atomic E-state index is -0.300. The highest BCUT2D eigenvalue weighted by Crippen LogP contribution is 2.16. The van der Waals surface area contributed by atoms with Crippen LogP contribution >= 0.6 is 12.2 Å². The topological polar surface area (TPSA) is 76.4 Å². The number of anilines is 1. The molecule has 0 fully saturated rings. The van der Waals surface area contributed by atoms with Gasteiger partial charge in [-0.1, -0.05) is 25.2 Å². The van der Waals surface area contributed by atoms with Crippen LogP contribution in [0.2, 0.25) is 0 Å². The van der Waals surface area contributed by atoms with E-state index >= 15 is 0 Å². The monoisotopic (exact) mass is 267 g/mol. The van der Waals surface area contributed by atoms with E-state index in [9.17, 15) is 4.79 Å². The molecule has 2 amide bonds. The molecule has 5 nitrogen and oxygen atoms in total. The summed E-state index contributed by atoms with van der Waals surface area (Å²) in [5.74, 6) is 0.653. The molecule has 1 rings (SSSR count). The average Bonchev–Trinajstić information content (AvgIpc) is 2.36. The largest absolute Gasteiger partial charge is 0.497 e. The summed E-state index contributed by atoms with van der Waals surface area (Å²) in [4.78, 5) is 12.0. The summed E-state index contributed by atoms with van der Waals surface area (Å²) in [5, 5.41) is 5.39. The molecule has 18 heavy (non-hydrogen) atoms. The van der Waals surface area contributed by atoms with Crippen LogP contribution < -0.4 is 21.1 Å². The van der Waals surface area contributed by atoms with E-state index < -0.39 is 0 Å². The lowest BCUT2D eigenvalue weighted by Gasteiger charge is -2.12. The molecule has 0 spiro atoms. The second-order valence-corrected chi connectivity index (χ2v) is 4.34. The zero-order chi connectivity index (χ0) is 13.5. The Morgan fingerprint density at radius 2 is 2.28 bits per heavy atom. The van der Waals surface area contributed by atoms with Gasteiger partial charge in [0.1, 0.15) is 5.75 Å². The summed E-state index contributed by atoms with van der Waals surface area (Å²) in [5.41, 5.74) is 6.12. The van der Waals surface area contributed by atoms with Crippen LogP contribution in [0.1, 0.15) is 6.92 Å². The van der Waals surface area contributed by atoms with Crippen molar-refractivity contribution in [3.8, 4) is 5.75 Å². The van der Waals surface area contributed by atoms with Gasteiger partial charge in [-0.25, -0.2) is 4.79 Å². The Morgan fingerprint density at radius 3 is 2.89 bits per heavy atom. The molecule has 4 N–H and O–H groups in total. The van der Waals surface area contributed by atoms with Crippen LogP contribution in [0.3, 0.4) is 0 Å². The molecule has 1 aromatic carbocycles. The van der Waals surface area contributed by atoms with Crippen LogP contribution in [-0.2, 0) is 0 Å². The van der Waals surface area contributed by atoms with Gasteiger partial charge in [0, 0.05) is 24.2 Å². The summed E-state index contributed by atoms with van der Waals surface area (Å²) < 4.78 is 5.06. The van der Waals surface area contributed by atoms with Crippen molar-refractivity contribution >= 4 is 28.9 Å². The van der Waals surface area contributed by atoms with Gasteiger partial charge >= 0.3 is 6.03 Å². The van der Waals surface area contributed by atoms with E-state index in [2.05, 4.69) is 10.6 Å². The second kappa shape index (κ2) is 6.80. The third-order valence-electron chi connectivity index (χ3n) is 2.38. The van der Waals surface area contributed by atoms with Gasteiger partial charge in [-0.3, -0.25) is 0 Å². The first-order valence-electron chi connectivity index (χ1n) is 5.51. The maximum atomic E-state index is 11.6. The molecule has 1 atom stereocenters. The Kier molecular flexibility index (Phi) is 5.38. The quantitative estimate of drug-likeness (QED) is 0.710. The van der Waals surface area contributed by atoms with Gasteiger partial charge in [0.2, 0.25) is 0 Å². The number of methoxy groups -OCH3 is 1. The normalized spacial score (nSPS) is 11.4.